The van der Waals surface area contributed by atoms with Crippen molar-refractivity contribution in [3.63, 3.8) is 0 Å². The maximum absolute atomic E-state index is 9.83. The molecular formula is CH6OSi2Ti. The van der Waals surface area contributed by atoms with Gasteiger partial charge in [0.2, 0.25) is 0 Å². The van der Waals surface area contributed by atoms with Crippen molar-refractivity contribution in [3.8, 4) is 0 Å². The van der Waals surface area contributed by atoms with Crippen molar-refractivity contribution in [2.75, 3.05) is 0 Å². The second-order valence-electron chi connectivity index (χ2n) is 1.10. The SMILES string of the molecule is C[Si]([SiH3])=[Ti]=[O]. The van der Waals surface area contributed by atoms with Gasteiger partial charge in [-0.05, 0) is 0 Å². The zero-order valence-corrected chi connectivity index (χ0v) is 7.97. The summed E-state index contributed by atoms with van der Waals surface area (Å²) in [6.07, 6.45) is 0. The van der Waals surface area contributed by atoms with E-state index >= 15 is 0 Å². The summed E-state index contributed by atoms with van der Waals surface area (Å²) < 4.78 is 9.83. The molecule has 0 saturated heterocycles. The van der Waals surface area contributed by atoms with E-state index < -0.39 is 17.9 Å². The molecule has 0 aromatic rings. The topological polar surface area (TPSA) is 17.1 Å². The Morgan fingerprint density at radius 2 is 2.20 bits per heavy atom. The van der Waals surface area contributed by atoms with Crippen molar-refractivity contribution in [3.05, 3.63) is 0 Å². The normalized spacial score (nSPS) is 6.60. The van der Waals surface area contributed by atoms with Gasteiger partial charge in [0.25, 0.3) is 0 Å². The molecule has 0 aliphatic carbocycles. The molecule has 0 aliphatic rings. The van der Waals surface area contributed by atoms with Crippen molar-refractivity contribution in [1.82, 2.24) is 0 Å². The molecule has 0 N–H and O–H groups in total. The van der Waals surface area contributed by atoms with Crippen molar-refractivity contribution in [1.29, 1.82) is 0 Å². The average Bonchev–Trinajstić information content (AvgIpc) is 1.38. The first kappa shape index (κ1) is 5.95. The van der Waals surface area contributed by atoms with Crippen molar-refractivity contribution in [2.45, 2.75) is 6.55 Å². The Hall–Kier alpha value is 0.948. The van der Waals surface area contributed by atoms with Crippen LogP contribution in [0, 0.1) is 0 Å². The van der Waals surface area contributed by atoms with Gasteiger partial charge in [0, 0.05) is 0 Å². The van der Waals surface area contributed by atoms with Gasteiger partial charge in [-0.2, -0.15) is 0 Å². The molecule has 0 amide bonds. The maximum atomic E-state index is 9.83. The molecule has 0 spiro atoms. The second-order valence-corrected chi connectivity index (χ2v) is 18.1. The van der Waals surface area contributed by atoms with Crippen LogP contribution in [0.25, 0.3) is 0 Å². The zero-order valence-electron chi connectivity index (χ0n) is 3.41. The first-order chi connectivity index (χ1) is 2.27. The molecule has 1 nitrogen and oxygen atoms in total. The van der Waals surface area contributed by atoms with Crippen LogP contribution in [0.1, 0.15) is 0 Å². The fourth-order valence-electron chi connectivity index (χ4n) is 0. The van der Waals surface area contributed by atoms with Crippen molar-refractivity contribution < 1.29 is 21.2 Å². The van der Waals surface area contributed by atoms with Crippen LogP contribution in [0.4, 0.5) is 0 Å². The predicted molar refractivity (Wildman–Crippen MR) is 22.2 cm³/mol. The Labute approximate surface area is 43.4 Å². The van der Waals surface area contributed by atoms with Crippen LogP contribution >= 0.6 is 0 Å². The quantitative estimate of drug-likeness (QED) is 0.388. The average molecular weight is 138 g/mol. The van der Waals surface area contributed by atoms with Gasteiger partial charge in [-0.25, -0.2) is 0 Å². The Kier molecular flexibility index (Phi) is 3.75. The van der Waals surface area contributed by atoms with Crippen molar-refractivity contribution >= 4 is 15.5 Å². The van der Waals surface area contributed by atoms with E-state index in [1.165, 1.54) is 9.76 Å². The summed E-state index contributed by atoms with van der Waals surface area (Å²) in [6, 6.07) is 0. The van der Waals surface area contributed by atoms with Crippen LogP contribution in [0.3, 0.4) is 0 Å². The molecular weight excluding hydrogens is 132 g/mol. The van der Waals surface area contributed by atoms with Crippen LogP contribution in [0.5, 0.6) is 0 Å². The molecule has 0 aromatic carbocycles. The minimum atomic E-state index is -0.642. The summed E-state index contributed by atoms with van der Waals surface area (Å²) in [5, 5.41) is 0. The molecule has 0 aromatic heterocycles. The fraction of sp³-hybridized carbons (Fsp3) is 1.00. The Morgan fingerprint density at radius 1 is 2.00 bits per heavy atom. The summed E-state index contributed by atoms with van der Waals surface area (Å²) in [4.78, 5) is 0. The zero-order chi connectivity index (χ0) is 4.28. The fourth-order valence-corrected chi connectivity index (χ4v) is 0. The third-order valence-electron chi connectivity index (χ3n) is 0.204. The van der Waals surface area contributed by atoms with Gasteiger partial charge in [-0.15, -0.1) is 0 Å². The molecule has 0 saturated carbocycles. The third-order valence-corrected chi connectivity index (χ3v) is 5.05. The standard InChI is InChI=1S/CH6Si2.O.Ti/c1-3-2;;/h1-2H3;;. The van der Waals surface area contributed by atoms with Crippen LogP contribution < -0.4 is 0 Å². The molecule has 0 aliphatic heterocycles. The molecule has 5 heavy (non-hydrogen) atoms. The van der Waals surface area contributed by atoms with E-state index in [2.05, 4.69) is 6.55 Å². The molecule has 0 fully saturated rings. The first-order valence-corrected chi connectivity index (χ1v) is 9.93. The predicted octanol–water partition coefficient (Wildman–Crippen LogP) is -1.10. The van der Waals surface area contributed by atoms with E-state index in [0.29, 0.717) is 0 Å². The third kappa shape index (κ3) is 4.95. The van der Waals surface area contributed by atoms with Gasteiger partial charge in [0.05, 0.1) is 0 Å². The van der Waals surface area contributed by atoms with E-state index in [9.17, 15) is 3.32 Å². The Balaban J connectivity index is 3.60. The van der Waals surface area contributed by atoms with Crippen molar-refractivity contribution in [2.24, 2.45) is 0 Å². The van der Waals surface area contributed by atoms with E-state index in [-0.39, 0.29) is 5.70 Å². The summed E-state index contributed by atoms with van der Waals surface area (Å²) in [5.41, 5.74) is -0.166. The molecule has 0 radical (unpaired) electrons. The minimum absolute atomic E-state index is 0.166. The van der Waals surface area contributed by atoms with E-state index in [0.717, 1.165) is 0 Å². The molecule has 0 heterocycles. The van der Waals surface area contributed by atoms with Crippen LogP contribution in [-0.2, 0) is 21.2 Å². The van der Waals surface area contributed by atoms with E-state index in [4.69, 9.17) is 0 Å². The summed E-state index contributed by atoms with van der Waals surface area (Å²) >= 11 is -0.642. The second kappa shape index (κ2) is 3.15. The first-order valence-electron chi connectivity index (χ1n) is 1.45. The van der Waals surface area contributed by atoms with Gasteiger partial charge in [0.15, 0.2) is 0 Å². The molecule has 0 unspecified atom stereocenters. The summed E-state index contributed by atoms with van der Waals surface area (Å²) in [7, 11) is 1.21. The molecule has 4 heteroatoms. The Morgan fingerprint density at radius 3 is 2.20 bits per heavy atom. The molecule has 0 rings (SSSR count). The molecule has 0 bridgehead atoms. The van der Waals surface area contributed by atoms with E-state index in [1.54, 1.807) is 0 Å². The molecule has 28 valence electrons. The van der Waals surface area contributed by atoms with Crippen LogP contribution in [0.15, 0.2) is 0 Å². The number of rotatable bonds is 0. The van der Waals surface area contributed by atoms with Gasteiger partial charge in [-0.3, -0.25) is 0 Å². The monoisotopic (exact) mass is 138 g/mol. The van der Waals surface area contributed by atoms with Crippen LogP contribution in [0.2, 0.25) is 6.55 Å². The van der Waals surface area contributed by atoms with E-state index in [1.807, 2.05) is 0 Å². The van der Waals surface area contributed by atoms with Gasteiger partial charge < -0.3 is 0 Å². The molecule has 0 atom stereocenters. The van der Waals surface area contributed by atoms with Crippen LogP contribution in [-0.4, -0.2) is 15.5 Å². The van der Waals surface area contributed by atoms with Gasteiger partial charge >= 0.3 is 43.2 Å². The van der Waals surface area contributed by atoms with Gasteiger partial charge in [0.1, 0.15) is 0 Å². The summed E-state index contributed by atoms with van der Waals surface area (Å²) in [5.74, 6) is 0. The number of hydrogen-bond donors (Lipinski definition) is 0. The van der Waals surface area contributed by atoms with Gasteiger partial charge in [-0.1, -0.05) is 0 Å². The Bertz CT molecular complexity index is 69.7. The summed E-state index contributed by atoms with van der Waals surface area (Å²) in [6.45, 7) is 2.13. The number of hydrogen-bond acceptors (Lipinski definition) is 1.